The van der Waals surface area contributed by atoms with Crippen molar-refractivity contribution in [2.45, 2.75) is 23.7 Å². The average molecular weight is 490 g/mol. The number of carbonyl (C=O) groups excluding carboxylic acids is 1. The van der Waals surface area contributed by atoms with E-state index >= 15 is 0 Å². The Kier molecular flexibility index (Phi) is 7.28. The van der Waals surface area contributed by atoms with E-state index in [1.807, 2.05) is 18.2 Å². The first-order valence-electron chi connectivity index (χ1n) is 10.7. The number of hydrogen-bond acceptors (Lipinski definition) is 7. The number of para-hydroxylation sites is 1. The third kappa shape index (κ3) is 5.19. The Balaban J connectivity index is 1.55. The van der Waals surface area contributed by atoms with Crippen LogP contribution in [-0.2, 0) is 14.8 Å². The molecule has 33 heavy (non-hydrogen) atoms. The van der Waals surface area contributed by atoms with Crippen molar-refractivity contribution >= 4 is 37.5 Å². The topological polar surface area (TPSA) is 97.8 Å². The number of aromatic nitrogens is 1. The highest BCUT2D eigenvalue weighted by molar-refractivity contribution is 7.89. The second-order valence-corrected chi connectivity index (χ2v) is 10.7. The van der Waals surface area contributed by atoms with E-state index in [0.29, 0.717) is 18.7 Å². The third-order valence-corrected chi connectivity index (χ3v) is 8.35. The quantitative estimate of drug-likeness (QED) is 0.488. The highest BCUT2D eigenvalue weighted by Gasteiger charge is 2.29. The Morgan fingerprint density at radius 2 is 2.06 bits per heavy atom. The standard InChI is InChI=1S/C23H27N3O5S2/c1-30-13-11-24-33(28,29)21-14-16(9-10-19(21)31-2)23(27)26-12-5-6-17(15-26)22-25-18-7-3-4-8-20(18)32-22/h3-4,7-10,14,17,24H,5-6,11-13,15H2,1-2H3. The molecule has 1 saturated heterocycles. The number of fused-ring (bicyclic) bond motifs is 1. The van der Waals surface area contributed by atoms with Crippen LogP contribution in [0.3, 0.4) is 0 Å². The van der Waals surface area contributed by atoms with Crippen molar-refractivity contribution in [3.8, 4) is 5.75 Å². The monoisotopic (exact) mass is 489 g/mol. The lowest BCUT2D eigenvalue weighted by molar-refractivity contribution is 0.0707. The SMILES string of the molecule is COCCNS(=O)(=O)c1cc(C(=O)N2CCCC(c3nc4ccccc4s3)C2)ccc1OC. The van der Waals surface area contributed by atoms with E-state index in [1.165, 1.54) is 26.4 Å². The molecule has 3 aromatic rings. The van der Waals surface area contributed by atoms with E-state index in [4.69, 9.17) is 14.5 Å². The number of methoxy groups -OCH3 is 2. The lowest BCUT2D eigenvalue weighted by Crippen LogP contribution is -2.39. The van der Waals surface area contributed by atoms with Gasteiger partial charge < -0.3 is 14.4 Å². The Morgan fingerprint density at radius 3 is 2.82 bits per heavy atom. The summed E-state index contributed by atoms with van der Waals surface area (Å²) in [5, 5.41) is 1.04. The zero-order valence-corrected chi connectivity index (χ0v) is 20.2. The number of amides is 1. The van der Waals surface area contributed by atoms with Gasteiger partial charge in [0.25, 0.3) is 5.91 Å². The number of nitrogens with zero attached hydrogens (tertiary/aromatic N) is 2. The van der Waals surface area contributed by atoms with Gasteiger partial charge in [-0.3, -0.25) is 4.79 Å². The second-order valence-electron chi connectivity index (χ2n) is 7.87. The summed E-state index contributed by atoms with van der Waals surface area (Å²) in [6.07, 6.45) is 1.83. The summed E-state index contributed by atoms with van der Waals surface area (Å²) in [6, 6.07) is 12.5. The van der Waals surface area contributed by atoms with E-state index in [9.17, 15) is 13.2 Å². The molecule has 1 amide bonds. The largest absolute Gasteiger partial charge is 0.495 e. The van der Waals surface area contributed by atoms with Crippen LogP contribution < -0.4 is 9.46 Å². The number of carbonyl (C=O) groups is 1. The molecule has 1 fully saturated rings. The van der Waals surface area contributed by atoms with Gasteiger partial charge in [-0.25, -0.2) is 18.1 Å². The van der Waals surface area contributed by atoms with Crippen molar-refractivity contribution in [3.05, 3.63) is 53.0 Å². The molecule has 10 heteroatoms. The summed E-state index contributed by atoms with van der Waals surface area (Å²) < 4.78 is 39.3. The van der Waals surface area contributed by atoms with Gasteiger partial charge in [-0.05, 0) is 43.2 Å². The summed E-state index contributed by atoms with van der Waals surface area (Å²) in [5.41, 5.74) is 1.29. The minimum Gasteiger partial charge on any atom is -0.495 e. The molecule has 0 radical (unpaired) electrons. The average Bonchev–Trinajstić information content (AvgIpc) is 3.28. The maximum Gasteiger partial charge on any atom is 0.253 e. The normalized spacial score (nSPS) is 16.8. The fourth-order valence-electron chi connectivity index (χ4n) is 3.99. The van der Waals surface area contributed by atoms with Gasteiger partial charge in [0.2, 0.25) is 10.0 Å². The third-order valence-electron chi connectivity index (χ3n) is 5.67. The fourth-order valence-corrected chi connectivity index (χ4v) is 6.29. The number of benzene rings is 2. The van der Waals surface area contributed by atoms with Crippen molar-refractivity contribution in [1.82, 2.24) is 14.6 Å². The number of nitrogens with one attached hydrogen (secondary N) is 1. The maximum atomic E-state index is 13.3. The van der Waals surface area contributed by atoms with E-state index < -0.39 is 10.0 Å². The summed E-state index contributed by atoms with van der Waals surface area (Å²) in [6.45, 7) is 1.54. The first kappa shape index (κ1) is 23.6. The number of ether oxygens (including phenoxy) is 2. The van der Waals surface area contributed by atoms with Crippen LogP contribution in [0.15, 0.2) is 47.4 Å². The van der Waals surface area contributed by atoms with Crippen molar-refractivity contribution in [2.75, 3.05) is 40.5 Å². The van der Waals surface area contributed by atoms with Crippen LogP contribution in [0.4, 0.5) is 0 Å². The Bertz CT molecular complexity index is 1210. The zero-order valence-electron chi connectivity index (χ0n) is 18.6. The van der Waals surface area contributed by atoms with Crippen molar-refractivity contribution in [3.63, 3.8) is 0 Å². The summed E-state index contributed by atoms with van der Waals surface area (Å²) in [7, 11) is -0.969. The Morgan fingerprint density at radius 1 is 1.24 bits per heavy atom. The first-order chi connectivity index (χ1) is 15.9. The van der Waals surface area contributed by atoms with Crippen LogP contribution in [0.2, 0.25) is 0 Å². The molecule has 0 bridgehead atoms. The molecular weight excluding hydrogens is 462 g/mol. The van der Waals surface area contributed by atoms with E-state index in [-0.39, 0.29) is 35.6 Å². The van der Waals surface area contributed by atoms with Gasteiger partial charge in [-0.1, -0.05) is 12.1 Å². The lowest BCUT2D eigenvalue weighted by atomic mass is 9.98. The van der Waals surface area contributed by atoms with Crippen molar-refractivity contribution in [1.29, 1.82) is 0 Å². The van der Waals surface area contributed by atoms with Gasteiger partial charge in [0.1, 0.15) is 10.6 Å². The van der Waals surface area contributed by atoms with Crippen LogP contribution in [-0.4, -0.2) is 64.7 Å². The smallest absolute Gasteiger partial charge is 0.253 e. The number of rotatable bonds is 8. The van der Waals surface area contributed by atoms with Crippen molar-refractivity contribution in [2.24, 2.45) is 0 Å². The summed E-state index contributed by atoms with van der Waals surface area (Å²) in [5.74, 6) is 0.150. The minimum atomic E-state index is -3.86. The van der Waals surface area contributed by atoms with Crippen LogP contribution in [0.1, 0.15) is 34.1 Å². The predicted octanol–water partition coefficient (Wildman–Crippen LogP) is 3.25. The molecule has 0 aliphatic carbocycles. The maximum absolute atomic E-state index is 13.3. The molecule has 2 aromatic carbocycles. The summed E-state index contributed by atoms with van der Waals surface area (Å²) in [4.78, 5) is 19.8. The molecule has 176 valence electrons. The number of thiazole rings is 1. The molecule has 1 atom stereocenters. The Hall–Kier alpha value is -2.53. The number of sulfonamides is 1. The molecule has 2 heterocycles. The van der Waals surface area contributed by atoms with Gasteiger partial charge in [0, 0.05) is 38.2 Å². The molecule has 1 aliphatic rings. The summed E-state index contributed by atoms with van der Waals surface area (Å²) >= 11 is 1.67. The first-order valence-corrected chi connectivity index (χ1v) is 13.0. The van der Waals surface area contributed by atoms with Gasteiger partial charge in [-0.15, -0.1) is 11.3 Å². The molecule has 0 saturated carbocycles. The number of piperidine rings is 1. The molecule has 0 spiro atoms. The Labute approximate surface area is 197 Å². The molecule has 1 unspecified atom stereocenters. The molecule has 1 aromatic heterocycles. The lowest BCUT2D eigenvalue weighted by Gasteiger charge is -2.32. The van der Waals surface area contributed by atoms with E-state index in [0.717, 1.165) is 28.1 Å². The van der Waals surface area contributed by atoms with E-state index in [2.05, 4.69) is 10.8 Å². The van der Waals surface area contributed by atoms with Crippen LogP contribution in [0, 0.1) is 0 Å². The van der Waals surface area contributed by atoms with Gasteiger partial charge >= 0.3 is 0 Å². The highest BCUT2D eigenvalue weighted by atomic mass is 32.2. The van der Waals surface area contributed by atoms with Crippen LogP contribution >= 0.6 is 11.3 Å². The van der Waals surface area contributed by atoms with Gasteiger partial charge in [0.05, 0.1) is 28.9 Å². The molecule has 8 nitrogen and oxygen atoms in total. The van der Waals surface area contributed by atoms with Crippen LogP contribution in [0.25, 0.3) is 10.2 Å². The zero-order chi connectivity index (χ0) is 23.4. The molecule has 1 aliphatic heterocycles. The van der Waals surface area contributed by atoms with Gasteiger partial charge in [0.15, 0.2) is 0 Å². The minimum absolute atomic E-state index is 0.0633. The number of hydrogen-bond donors (Lipinski definition) is 1. The molecular formula is C23H27N3O5S2. The number of likely N-dealkylation sites (tertiary alicyclic amines) is 1. The van der Waals surface area contributed by atoms with Gasteiger partial charge in [-0.2, -0.15) is 0 Å². The molecule has 4 rings (SSSR count). The highest BCUT2D eigenvalue weighted by Crippen LogP contribution is 2.34. The second kappa shape index (κ2) is 10.2. The van der Waals surface area contributed by atoms with Crippen molar-refractivity contribution < 1.29 is 22.7 Å². The molecule has 1 N–H and O–H groups in total. The predicted molar refractivity (Wildman–Crippen MR) is 128 cm³/mol. The fraction of sp³-hybridized carbons (Fsp3) is 0.391. The van der Waals surface area contributed by atoms with E-state index in [1.54, 1.807) is 22.3 Å². The van der Waals surface area contributed by atoms with Crippen LogP contribution in [0.5, 0.6) is 5.75 Å².